The highest BCUT2D eigenvalue weighted by molar-refractivity contribution is 5.86. The fraction of sp³-hybridized carbons (Fsp3) is 0.312. The average molecular weight is 316 g/mol. The quantitative estimate of drug-likeness (QED) is 0.931. The summed E-state index contributed by atoms with van der Waals surface area (Å²) in [5.41, 5.74) is 0.828. The molecule has 7 heteroatoms. The molecule has 1 aromatic carbocycles. The molecule has 23 heavy (non-hydrogen) atoms. The zero-order valence-corrected chi connectivity index (χ0v) is 12.3. The maximum absolute atomic E-state index is 12.1. The Hall–Kier alpha value is -2.83. The molecule has 1 atom stereocenters. The topological polar surface area (TPSA) is 92.9 Å². The van der Waals surface area contributed by atoms with Gasteiger partial charge in [0, 0.05) is 19.0 Å². The van der Waals surface area contributed by atoms with Gasteiger partial charge in [-0.25, -0.2) is 14.6 Å². The maximum atomic E-state index is 12.1. The van der Waals surface area contributed by atoms with Crippen LogP contribution in [0.2, 0.25) is 0 Å². The molecule has 1 amide bonds. The first-order valence-corrected chi connectivity index (χ1v) is 7.27. The van der Waals surface area contributed by atoms with Crippen molar-refractivity contribution in [2.45, 2.75) is 18.9 Å². The van der Waals surface area contributed by atoms with E-state index in [1.165, 1.54) is 0 Å². The third-order valence-electron chi connectivity index (χ3n) is 3.82. The maximum Gasteiger partial charge on any atom is 0.410 e. The van der Waals surface area contributed by atoms with E-state index in [9.17, 15) is 9.59 Å². The number of carboxylic acid groups (broad SMARTS) is 1. The summed E-state index contributed by atoms with van der Waals surface area (Å²) in [5.74, 6) is -0.984. The summed E-state index contributed by atoms with van der Waals surface area (Å²) in [6.07, 6.45) is 1.33. The van der Waals surface area contributed by atoms with Crippen LogP contribution < -0.4 is 0 Å². The van der Waals surface area contributed by atoms with Crippen molar-refractivity contribution in [2.75, 3.05) is 13.1 Å². The van der Waals surface area contributed by atoms with Crippen LogP contribution in [0.5, 0.6) is 0 Å². The molecule has 2 heterocycles. The Kier molecular flexibility index (Phi) is 4.27. The van der Waals surface area contributed by atoms with Crippen LogP contribution in [0.4, 0.5) is 4.79 Å². The Morgan fingerprint density at radius 1 is 1.35 bits per heavy atom. The van der Waals surface area contributed by atoms with Gasteiger partial charge in [0.15, 0.2) is 12.1 Å². The van der Waals surface area contributed by atoms with Crippen LogP contribution in [0, 0.1) is 0 Å². The lowest BCUT2D eigenvalue weighted by atomic mass is 10.0. The first-order valence-electron chi connectivity index (χ1n) is 7.27. The molecule has 1 aromatic heterocycles. The Labute approximate surface area is 132 Å². The summed E-state index contributed by atoms with van der Waals surface area (Å²) in [6.45, 7) is 1.07. The van der Waals surface area contributed by atoms with Gasteiger partial charge in [-0.05, 0) is 12.0 Å². The van der Waals surface area contributed by atoms with Gasteiger partial charge in [0.1, 0.15) is 12.4 Å². The molecule has 2 aromatic rings. The Balaban J connectivity index is 1.58. The first-order chi connectivity index (χ1) is 11.1. The fourth-order valence-electron chi connectivity index (χ4n) is 2.66. The number of oxazole rings is 1. The van der Waals surface area contributed by atoms with E-state index >= 15 is 0 Å². The summed E-state index contributed by atoms with van der Waals surface area (Å²) < 4.78 is 10.5. The molecule has 1 saturated heterocycles. The molecular formula is C16H16N2O5. The first kappa shape index (κ1) is 15.1. The minimum atomic E-state index is -1.13. The van der Waals surface area contributed by atoms with E-state index in [-0.39, 0.29) is 18.2 Å². The van der Waals surface area contributed by atoms with Crippen LogP contribution >= 0.6 is 0 Å². The van der Waals surface area contributed by atoms with E-state index in [4.69, 9.17) is 14.3 Å². The predicted molar refractivity (Wildman–Crippen MR) is 79.0 cm³/mol. The minimum absolute atomic E-state index is 0.0884. The van der Waals surface area contributed by atoms with Crippen molar-refractivity contribution >= 4 is 12.1 Å². The van der Waals surface area contributed by atoms with Gasteiger partial charge >= 0.3 is 12.1 Å². The standard InChI is InChI=1S/C16H16N2O5/c19-15(20)13-14(23-10-17-13)12-6-7-18(8-12)16(21)22-9-11-4-2-1-3-5-11/h1-5,10,12H,6-9H2,(H,19,20). The smallest absolute Gasteiger partial charge is 0.410 e. The Morgan fingerprint density at radius 3 is 2.87 bits per heavy atom. The number of aromatic carboxylic acids is 1. The van der Waals surface area contributed by atoms with Gasteiger partial charge in [-0.1, -0.05) is 30.3 Å². The fourth-order valence-corrected chi connectivity index (χ4v) is 2.66. The van der Waals surface area contributed by atoms with Gasteiger partial charge in [0.05, 0.1) is 0 Å². The highest BCUT2D eigenvalue weighted by Crippen LogP contribution is 2.29. The third kappa shape index (κ3) is 3.33. The summed E-state index contributed by atoms with van der Waals surface area (Å²) in [4.78, 5) is 28.4. The van der Waals surface area contributed by atoms with Gasteiger partial charge in [-0.2, -0.15) is 0 Å². The Bertz CT molecular complexity index is 698. The van der Waals surface area contributed by atoms with Crippen LogP contribution in [0.3, 0.4) is 0 Å². The summed E-state index contributed by atoms with van der Waals surface area (Å²) in [6, 6.07) is 9.42. The molecule has 0 bridgehead atoms. The number of aromatic nitrogens is 1. The van der Waals surface area contributed by atoms with Crippen molar-refractivity contribution in [1.29, 1.82) is 0 Å². The molecule has 3 rings (SSSR count). The van der Waals surface area contributed by atoms with E-state index in [1.54, 1.807) is 4.90 Å². The summed E-state index contributed by atoms with van der Waals surface area (Å²) >= 11 is 0. The largest absolute Gasteiger partial charge is 0.476 e. The average Bonchev–Trinajstić information content (AvgIpc) is 3.22. The third-order valence-corrected chi connectivity index (χ3v) is 3.82. The molecule has 120 valence electrons. The molecule has 0 aliphatic carbocycles. The monoisotopic (exact) mass is 316 g/mol. The molecule has 1 fully saturated rings. The number of likely N-dealkylation sites (tertiary alicyclic amines) is 1. The van der Waals surface area contributed by atoms with Crippen LogP contribution in [0.15, 0.2) is 41.1 Å². The van der Waals surface area contributed by atoms with Gasteiger partial charge in [0.25, 0.3) is 0 Å². The number of carbonyl (C=O) groups is 2. The number of hydrogen-bond acceptors (Lipinski definition) is 5. The Morgan fingerprint density at radius 2 is 2.13 bits per heavy atom. The highest BCUT2D eigenvalue weighted by Gasteiger charge is 2.33. The van der Waals surface area contributed by atoms with Crippen LogP contribution in [-0.4, -0.2) is 40.1 Å². The lowest BCUT2D eigenvalue weighted by molar-refractivity contribution is 0.0688. The second-order valence-electron chi connectivity index (χ2n) is 5.34. The van der Waals surface area contributed by atoms with E-state index < -0.39 is 12.1 Å². The number of benzene rings is 1. The molecule has 0 radical (unpaired) electrons. The number of rotatable bonds is 4. The molecule has 1 unspecified atom stereocenters. The zero-order chi connectivity index (χ0) is 16.2. The lowest BCUT2D eigenvalue weighted by Gasteiger charge is -2.16. The molecule has 0 saturated carbocycles. The normalized spacial score (nSPS) is 17.2. The predicted octanol–water partition coefficient (Wildman–Crippen LogP) is 2.50. The number of hydrogen-bond donors (Lipinski definition) is 1. The van der Waals surface area contributed by atoms with Crippen LogP contribution in [0.25, 0.3) is 0 Å². The lowest BCUT2D eigenvalue weighted by Crippen LogP contribution is -2.29. The van der Waals surface area contributed by atoms with Crippen molar-refractivity contribution in [2.24, 2.45) is 0 Å². The van der Waals surface area contributed by atoms with Crippen molar-refractivity contribution in [3.63, 3.8) is 0 Å². The minimum Gasteiger partial charge on any atom is -0.476 e. The second-order valence-corrected chi connectivity index (χ2v) is 5.34. The van der Waals surface area contributed by atoms with Crippen molar-refractivity contribution in [3.8, 4) is 0 Å². The molecule has 0 spiro atoms. The van der Waals surface area contributed by atoms with Crippen molar-refractivity contribution in [1.82, 2.24) is 9.88 Å². The highest BCUT2D eigenvalue weighted by atomic mass is 16.6. The zero-order valence-electron chi connectivity index (χ0n) is 12.3. The van der Waals surface area contributed by atoms with Gasteiger partial charge in [-0.3, -0.25) is 0 Å². The van der Waals surface area contributed by atoms with E-state index in [0.29, 0.717) is 25.3 Å². The van der Waals surface area contributed by atoms with E-state index in [2.05, 4.69) is 4.98 Å². The molecule has 1 aliphatic rings. The molecular weight excluding hydrogens is 300 g/mol. The van der Waals surface area contributed by atoms with Gasteiger partial charge in [-0.15, -0.1) is 0 Å². The van der Waals surface area contributed by atoms with E-state index in [1.807, 2.05) is 30.3 Å². The van der Waals surface area contributed by atoms with Gasteiger partial charge in [0.2, 0.25) is 0 Å². The number of amides is 1. The van der Waals surface area contributed by atoms with Crippen LogP contribution in [-0.2, 0) is 11.3 Å². The second kappa shape index (κ2) is 6.51. The van der Waals surface area contributed by atoms with Crippen molar-refractivity contribution < 1.29 is 23.8 Å². The summed E-state index contributed by atoms with van der Waals surface area (Å²) in [7, 11) is 0. The number of ether oxygens (including phenoxy) is 1. The SMILES string of the molecule is O=C(O)c1ncoc1C1CCN(C(=O)OCc2ccccc2)C1. The number of carboxylic acids is 1. The number of nitrogens with zero attached hydrogens (tertiary/aromatic N) is 2. The van der Waals surface area contributed by atoms with Crippen molar-refractivity contribution in [3.05, 3.63) is 53.7 Å². The molecule has 7 nitrogen and oxygen atoms in total. The molecule has 1 N–H and O–H groups in total. The van der Waals surface area contributed by atoms with Crippen LogP contribution in [0.1, 0.15) is 34.2 Å². The summed E-state index contributed by atoms with van der Waals surface area (Å²) in [5, 5.41) is 9.07. The molecule has 1 aliphatic heterocycles. The van der Waals surface area contributed by atoms with E-state index in [0.717, 1.165) is 12.0 Å². The van der Waals surface area contributed by atoms with Gasteiger partial charge < -0.3 is 19.2 Å². The number of carbonyl (C=O) groups excluding carboxylic acids is 1.